The van der Waals surface area contributed by atoms with Crippen molar-refractivity contribution < 1.29 is 23.0 Å². The topological polar surface area (TPSA) is 42.4 Å². The fraction of sp³-hybridized carbons (Fsp3) is 0.214. The molecule has 0 spiro atoms. The first kappa shape index (κ1) is 14.3. The standard InChI is InChI=1S/C14H12F3NO2/c1-2-20-10-3-9(6-18-7-10)14(19)8-4-11(15)13(17)12(16)5-8/h3-7,14,19H,2H2,1H3. The Kier molecular flexibility index (Phi) is 4.24. The van der Waals surface area contributed by atoms with Gasteiger partial charge >= 0.3 is 0 Å². The number of ether oxygens (including phenoxy) is 1. The minimum atomic E-state index is -1.57. The normalized spacial score (nSPS) is 12.2. The monoisotopic (exact) mass is 283 g/mol. The lowest BCUT2D eigenvalue weighted by molar-refractivity contribution is 0.217. The van der Waals surface area contributed by atoms with E-state index in [0.717, 1.165) is 12.1 Å². The van der Waals surface area contributed by atoms with Crippen molar-refractivity contribution >= 4 is 0 Å². The maximum absolute atomic E-state index is 13.1. The highest BCUT2D eigenvalue weighted by atomic mass is 19.2. The molecule has 0 radical (unpaired) electrons. The quantitative estimate of drug-likeness (QED) is 0.877. The summed E-state index contributed by atoms with van der Waals surface area (Å²) in [5.41, 5.74) is 0.193. The Labute approximate surface area is 113 Å². The van der Waals surface area contributed by atoms with Crippen LogP contribution in [0.3, 0.4) is 0 Å². The molecule has 1 aromatic heterocycles. The molecule has 0 fully saturated rings. The SMILES string of the molecule is CCOc1cncc(C(O)c2cc(F)c(F)c(F)c2)c1. The number of aliphatic hydroxyl groups excluding tert-OH is 1. The molecule has 1 atom stereocenters. The van der Waals surface area contributed by atoms with E-state index in [1.54, 1.807) is 6.92 Å². The molecule has 2 rings (SSSR count). The average molecular weight is 283 g/mol. The number of benzene rings is 1. The summed E-state index contributed by atoms with van der Waals surface area (Å²) in [6.07, 6.45) is 1.46. The van der Waals surface area contributed by atoms with Crippen LogP contribution in [0, 0.1) is 17.5 Å². The zero-order chi connectivity index (χ0) is 14.7. The predicted octanol–water partition coefficient (Wildman–Crippen LogP) is 2.98. The molecule has 0 aliphatic carbocycles. The Morgan fingerprint density at radius 1 is 1.10 bits per heavy atom. The van der Waals surface area contributed by atoms with E-state index in [1.165, 1.54) is 18.5 Å². The second kappa shape index (κ2) is 5.92. The third-order valence-corrected chi connectivity index (χ3v) is 2.68. The van der Waals surface area contributed by atoms with Crippen LogP contribution in [-0.2, 0) is 0 Å². The van der Waals surface area contributed by atoms with Gasteiger partial charge in [0.25, 0.3) is 0 Å². The van der Waals surface area contributed by atoms with Gasteiger partial charge in [0.1, 0.15) is 11.9 Å². The molecule has 106 valence electrons. The van der Waals surface area contributed by atoms with Crippen molar-refractivity contribution in [2.24, 2.45) is 0 Å². The molecule has 6 heteroatoms. The van der Waals surface area contributed by atoms with Crippen molar-refractivity contribution in [1.29, 1.82) is 0 Å². The highest BCUT2D eigenvalue weighted by molar-refractivity contribution is 5.33. The van der Waals surface area contributed by atoms with Gasteiger partial charge in [0.05, 0.1) is 12.8 Å². The van der Waals surface area contributed by atoms with Gasteiger partial charge in [-0.15, -0.1) is 0 Å². The van der Waals surface area contributed by atoms with Crippen LogP contribution in [0.1, 0.15) is 24.2 Å². The first-order valence-corrected chi connectivity index (χ1v) is 5.93. The maximum Gasteiger partial charge on any atom is 0.194 e. The van der Waals surface area contributed by atoms with Gasteiger partial charge in [0.15, 0.2) is 17.5 Å². The highest BCUT2D eigenvalue weighted by Crippen LogP contribution is 2.26. The van der Waals surface area contributed by atoms with Gasteiger partial charge in [-0.2, -0.15) is 0 Å². The zero-order valence-corrected chi connectivity index (χ0v) is 10.6. The van der Waals surface area contributed by atoms with Crippen molar-refractivity contribution in [3.63, 3.8) is 0 Å². The number of nitrogens with zero attached hydrogens (tertiary/aromatic N) is 1. The summed E-state index contributed by atoms with van der Waals surface area (Å²) < 4.78 is 44.4. The van der Waals surface area contributed by atoms with Gasteiger partial charge in [-0.3, -0.25) is 4.98 Å². The molecule has 1 unspecified atom stereocenters. The van der Waals surface area contributed by atoms with Crippen LogP contribution in [-0.4, -0.2) is 16.7 Å². The maximum atomic E-state index is 13.1. The number of pyridine rings is 1. The van der Waals surface area contributed by atoms with E-state index in [4.69, 9.17) is 4.74 Å². The second-order valence-electron chi connectivity index (χ2n) is 4.09. The number of hydrogen-bond donors (Lipinski definition) is 1. The fourth-order valence-electron chi connectivity index (χ4n) is 1.76. The summed E-state index contributed by atoms with van der Waals surface area (Å²) in [5, 5.41) is 10.1. The van der Waals surface area contributed by atoms with Crippen LogP contribution >= 0.6 is 0 Å². The van der Waals surface area contributed by atoms with Crippen molar-refractivity contribution in [2.45, 2.75) is 13.0 Å². The lowest BCUT2D eigenvalue weighted by atomic mass is 10.0. The number of aliphatic hydroxyl groups is 1. The summed E-state index contributed by atoms with van der Waals surface area (Å²) in [6, 6.07) is 2.99. The van der Waals surface area contributed by atoms with E-state index in [9.17, 15) is 18.3 Å². The Balaban J connectivity index is 2.35. The summed E-state index contributed by atoms with van der Waals surface area (Å²) in [5.74, 6) is -3.85. The van der Waals surface area contributed by atoms with Crippen LogP contribution in [0.15, 0.2) is 30.6 Å². The summed E-state index contributed by atoms with van der Waals surface area (Å²) in [7, 11) is 0. The third-order valence-electron chi connectivity index (χ3n) is 2.68. The van der Waals surface area contributed by atoms with Crippen molar-refractivity contribution in [3.8, 4) is 5.75 Å². The van der Waals surface area contributed by atoms with E-state index in [2.05, 4.69) is 4.98 Å². The fourth-order valence-corrected chi connectivity index (χ4v) is 1.76. The van der Waals surface area contributed by atoms with Gasteiger partial charge in [0.2, 0.25) is 0 Å². The van der Waals surface area contributed by atoms with Gasteiger partial charge in [-0.1, -0.05) is 0 Å². The largest absolute Gasteiger partial charge is 0.492 e. The van der Waals surface area contributed by atoms with E-state index in [0.29, 0.717) is 17.9 Å². The first-order chi connectivity index (χ1) is 9.52. The highest BCUT2D eigenvalue weighted by Gasteiger charge is 2.17. The van der Waals surface area contributed by atoms with E-state index >= 15 is 0 Å². The molecule has 1 N–H and O–H groups in total. The summed E-state index contributed by atoms with van der Waals surface area (Å²) in [6.45, 7) is 2.20. The van der Waals surface area contributed by atoms with Crippen LogP contribution in [0.5, 0.6) is 5.75 Å². The third kappa shape index (κ3) is 2.91. The minimum absolute atomic E-state index is 0.100. The number of rotatable bonds is 4. The van der Waals surface area contributed by atoms with E-state index in [1.807, 2.05) is 0 Å². The van der Waals surface area contributed by atoms with Crippen molar-refractivity contribution in [2.75, 3.05) is 6.61 Å². The molecule has 0 aliphatic rings. The number of aromatic nitrogens is 1. The van der Waals surface area contributed by atoms with Gasteiger partial charge < -0.3 is 9.84 Å². The number of hydrogen-bond acceptors (Lipinski definition) is 3. The molecule has 0 saturated carbocycles. The van der Waals surface area contributed by atoms with E-state index in [-0.39, 0.29) is 5.56 Å². The Hall–Kier alpha value is -2.08. The van der Waals surface area contributed by atoms with Crippen LogP contribution in [0.2, 0.25) is 0 Å². The van der Waals surface area contributed by atoms with Crippen LogP contribution < -0.4 is 4.74 Å². The van der Waals surface area contributed by atoms with Gasteiger partial charge in [-0.05, 0) is 30.7 Å². The molecule has 1 aromatic carbocycles. The minimum Gasteiger partial charge on any atom is -0.492 e. The molecule has 0 amide bonds. The first-order valence-electron chi connectivity index (χ1n) is 5.93. The molecule has 0 saturated heterocycles. The lowest BCUT2D eigenvalue weighted by Gasteiger charge is -2.13. The van der Waals surface area contributed by atoms with Gasteiger partial charge in [-0.25, -0.2) is 13.2 Å². The Morgan fingerprint density at radius 2 is 1.75 bits per heavy atom. The Bertz CT molecular complexity index is 596. The molecule has 0 aliphatic heterocycles. The van der Waals surface area contributed by atoms with Crippen molar-refractivity contribution in [1.82, 2.24) is 4.98 Å². The van der Waals surface area contributed by atoms with Crippen LogP contribution in [0.4, 0.5) is 13.2 Å². The Morgan fingerprint density at radius 3 is 2.35 bits per heavy atom. The lowest BCUT2D eigenvalue weighted by Crippen LogP contribution is -2.04. The van der Waals surface area contributed by atoms with Crippen molar-refractivity contribution in [3.05, 3.63) is 59.2 Å². The molecule has 0 bridgehead atoms. The van der Waals surface area contributed by atoms with Crippen LogP contribution in [0.25, 0.3) is 0 Å². The van der Waals surface area contributed by atoms with E-state index < -0.39 is 23.6 Å². The molecule has 2 aromatic rings. The van der Waals surface area contributed by atoms with Gasteiger partial charge in [0, 0.05) is 11.8 Å². The molecular formula is C14H12F3NO2. The molecular weight excluding hydrogens is 271 g/mol. The number of halogens is 3. The molecule has 3 nitrogen and oxygen atoms in total. The zero-order valence-electron chi connectivity index (χ0n) is 10.6. The average Bonchev–Trinajstić information content (AvgIpc) is 2.44. The molecule has 20 heavy (non-hydrogen) atoms. The smallest absolute Gasteiger partial charge is 0.194 e. The predicted molar refractivity (Wildman–Crippen MR) is 65.8 cm³/mol. The summed E-state index contributed by atoms with van der Waals surface area (Å²) in [4.78, 5) is 3.87. The second-order valence-corrected chi connectivity index (χ2v) is 4.09. The summed E-state index contributed by atoms with van der Waals surface area (Å²) >= 11 is 0. The molecule has 1 heterocycles.